The molecule has 0 bridgehead atoms. The van der Waals surface area contributed by atoms with Crippen molar-refractivity contribution in [2.75, 3.05) is 6.54 Å². The molecule has 0 saturated heterocycles. The maximum Gasteiger partial charge on any atom is 0.234 e. The third-order valence-corrected chi connectivity index (χ3v) is 2.80. The Morgan fingerprint density at radius 3 is 2.60 bits per heavy atom. The molecule has 0 spiro atoms. The molecule has 10 heavy (non-hydrogen) atoms. The molecule has 0 unspecified atom stereocenters. The van der Waals surface area contributed by atoms with Crippen molar-refractivity contribution in [3.63, 3.8) is 0 Å². The molecule has 0 saturated carbocycles. The van der Waals surface area contributed by atoms with E-state index in [-0.39, 0.29) is 0 Å². The quantitative estimate of drug-likeness (QED) is 0.286. The van der Waals surface area contributed by atoms with Gasteiger partial charge in [-0.05, 0) is 12.5 Å². The molecule has 0 fully saturated rings. The van der Waals surface area contributed by atoms with E-state index >= 15 is 0 Å². The lowest BCUT2D eigenvalue weighted by Gasteiger charge is -2.13. The molecule has 0 radical (unpaired) electrons. The molecule has 2 N–H and O–H groups in total. The van der Waals surface area contributed by atoms with Gasteiger partial charge in [-0.15, -0.1) is 0 Å². The smallest absolute Gasteiger partial charge is 0.234 e. The van der Waals surface area contributed by atoms with E-state index in [0.717, 1.165) is 12.5 Å². The van der Waals surface area contributed by atoms with Crippen molar-refractivity contribution in [2.45, 2.75) is 25.6 Å². The zero-order chi connectivity index (χ0) is 8.04. The number of rotatable bonds is 4. The number of hydrogen-bond donors (Lipinski definition) is 1. The minimum atomic E-state index is -1.40. The van der Waals surface area contributed by atoms with E-state index in [1.807, 2.05) is 0 Å². The Morgan fingerprint density at radius 1 is 1.60 bits per heavy atom. The van der Waals surface area contributed by atoms with Crippen molar-refractivity contribution < 1.29 is 4.79 Å². The molecule has 0 aliphatic rings. The van der Waals surface area contributed by atoms with E-state index in [2.05, 4.69) is 18.1 Å². The second-order valence-corrected chi connectivity index (χ2v) is 7.54. The lowest BCUT2D eigenvalue weighted by atomic mass is 10.5. The maximum absolute atomic E-state index is 9.62. The average Bonchev–Trinajstić information content (AvgIpc) is 1.78. The summed E-state index contributed by atoms with van der Waals surface area (Å²) in [5.41, 5.74) is 0. The van der Waals surface area contributed by atoms with Crippen LogP contribution >= 0.6 is 0 Å². The van der Waals surface area contributed by atoms with Crippen molar-refractivity contribution in [3.05, 3.63) is 0 Å². The summed E-state index contributed by atoms with van der Waals surface area (Å²) in [6, 6.07) is 1.03. The lowest BCUT2D eigenvalue weighted by molar-refractivity contribution is 0.562. The van der Waals surface area contributed by atoms with Crippen LogP contribution in [0.15, 0.2) is 4.99 Å². The largest absolute Gasteiger partial charge is 0.351 e. The third-order valence-electron chi connectivity index (χ3n) is 1.16. The van der Waals surface area contributed by atoms with E-state index < -0.39 is 8.24 Å². The van der Waals surface area contributed by atoms with Crippen molar-refractivity contribution in [1.82, 2.24) is 0 Å². The van der Waals surface area contributed by atoms with Crippen molar-refractivity contribution >= 4 is 14.3 Å². The SMILES string of the molecule is C[Si](C)(N)CCCN=C=O. The second-order valence-electron chi connectivity index (χ2n) is 3.07. The number of isocyanates is 1. The van der Waals surface area contributed by atoms with Gasteiger partial charge in [-0.25, -0.2) is 9.79 Å². The standard InChI is InChI=1S/C6H14N2OSi/c1-10(2,7)5-3-4-8-6-9/h3-5,7H2,1-2H3. The number of carbonyl (C=O) groups excluding carboxylic acids is 1. The fourth-order valence-electron chi connectivity index (χ4n) is 0.659. The Morgan fingerprint density at radius 2 is 2.20 bits per heavy atom. The molecule has 0 heterocycles. The highest BCUT2D eigenvalue weighted by atomic mass is 28.3. The molecular formula is C6H14N2OSi. The minimum Gasteiger partial charge on any atom is -0.351 e. The fraction of sp³-hybridized carbons (Fsp3) is 0.833. The molecule has 0 aliphatic carbocycles. The van der Waals surface area contributed by atoms with Gasteiger partial charge in [0.05, 0.1) is 6.54 Å². The predicted molar refractivity (Wildman–Crippen MR) is 44.1 cm³/mol. The average molecular weight is 158 g/mol. The van der Waals surface area contributed by atoms with Gasteiger partial charge in [0.25, 0.3) is 0 Å². The van der Waals surface area contributed by atoms with Crippen LogP contribution in [0.3, 0.4) is 0 Å². The summed E-state index contributed by atoms with van der Waals surface area (Å²) < 4.78 is 0. The summed E-state index contributed by atoms with van der Waals surface area (Å²) in [6.45, 7) is 4.77. The minimum absolute atomic E-state index is 0.580. The molecule has 0 aromatic rings. The normalized spacial score (nSPS) is 10.7. The number of aliphatic imine (C=N–C) groups is 1. The van der Waals surface area contributed by atoms with Gasteiger partial charge >= 0.3 is 0 Å². The van der Waals surface area contributed by atoms with Gasteiger partial charge in [0.15, 0.2) is 0 Å². The first-order valence-corrected chi connectivity index (χ1v) is 6.67. The molecule has 0 atom stereocenters. The summed E-state index contributed by atoms with van der Waals surface area (Å²) in [7, 11) is -1.40. The molecule has 0 rings (SSSR count). The van der Waals surface area contributed by atoms with Gasteiger partial charge in [-0.1, -0.05) is 13.1 Å². The zero-order valence-electron chi connectivity index (χ0n) is 6.55. The first-order valence-electron chi connectivity index (χ1n) is 3.39. The van der Waals surface area contributed by atoms with Crippen molar-refractivity contribution in [1.29, 1.82) is 0 Å². The van der Waals surface area contributed by atoms with Crippen LogP contribution in [0, 0.1) is 0 Å². The van der Waals surface area contributed by atoms with E-state index in [1.165, 1.54) is 6.08 Å². The number of nitrogens with zero attached hydrogens (tertiary/aromatic N) is 1. The third kappa shape index (κ3) is 7.56. The molecule has 4 heteroatoms. The first-order chi connectivity index (χ1) is 4.56. The van der Waals surface area contributed by atoms with Crippen LogP contribution in [0.4, 0.5) is 0 Å². The Hall–Kier alpha value is -0.443. The van der Waals surface area contributed by atoms with Gasteiger partial charge in [0.1, 0.15) is 8.24 Å². The monoisotopic (exact) mass is 158 g/mol. The van der Waals surface area contributed by atoms with E-state index in [0.29, 0.717) is 6.54 Å². The highest BCUT2D eigenvalue weighted by Gasteiger charge is 2.12. The lowest BCUT2D eigenvalue weighted by Crippen LogP contribution is -2.37. The summed E-state index contributed by atoms with van der Waals surface area (Å²) in [5.74, 6) is 0. The van der Waals surface area contributed by atoms with Crippen LogP contribution in [0.25, 0.3) is 0 Å². The van der Waals surface area contributed by atoms with Crippen LogP contribution in [0.5, 0.6) is 0 Å². The van der Waals surface area contributed by atoms with Crippen LogP contribution in [-0.2, 0) is 4.79 Å². The Kier molecular flexibility index (Phi) is 4.19. The zero-order valence-corrected chi connectivity index (χ0v) is 7.55. The topological polar surface area (TPSA) is 55.4 Å². The van der Waals surface area contributed by atoms with E-state index in [4.69, 9.17) is 5.40 Å². The maximum atomic E-state index is 9.62. The highest BCUT2D eigenvalue weighted by molar-refractivity contribution is 6.74. The van der Waals surface area contributed by atoms with Gasteiger partial charge in [-0.3, -0.25) is 0 Å². The van der Waals surface area contributed by atoms with Crippen LogP contribution in [-0.4, -0.2) is 20.9 Å². The second kappa shape index (κ2) is 4.38. The number of hydrogen-bond acceptors (Lipinski definition) is 3. The molecule has 0 aromatic heterocycles. The van der Waals surface area contributed by atoms with Gasteiger partial charge in [0, 0.05) is 0 Å². The Balaban J connectivity index is 3.28. The molecule has 0 aliphatic heterocycles. The van der Waals surface area contributed by atoms with Gasteiger partial charge < -0.3 is 5.40 Å². The summed E-state index contributed by atoms with van der Waals surface area (Å²) in [4.78, 5) is 13.1. The Labute approximate surface area is 62.4 Å². The Bertz CT molecular complexity index is 135. The molecule has 0 aromatic carbocycles. The van der Waals surface area contributed by atoms with Crippen molar-refractivity contribution in [3.8, 4) is 0 Å². The van der Waals surface area contributed by atoms with Crippen LogP contribution in [0.1, 0.15) is 6.42 Å². The van der Waals surface area contributed by atoms with Gasteiger partial charge in [0.2, 0.25) is 6.08 Å². The first kappa shape index (κ1) is 9.56. The predicted octanol–water partition coefficient (Wildman–Crippen LogP) is 0.876. The van der Waals surface area contributed by atoms with E-state index in [1.54, 1.807) is 0 Å². The fourth-order valence-corrected chi connectivity index (χ4v) is 1.73. The highest BCUT2D eigenvalue weighted by Crippen LogP contribution is 2.03. The van der Waals surface area contributed by atoms with E-state index in [9.17, 15) is 4.79 Å². The summed E-state index contributed by atoms with van der Waals surface area (Å²) in [6.07, 6.45) is 2.43. The molecular weight excluding hydrogens is 144 g/mol. The molecule has 58 valence electrons. The number of nitrogens with two attached hydrogens (primary N) is 1. The molecule has 0 amide bonds. The molecule has 3 nitrogen and oxygen atoms in total. The van der Waals surface area contributed by atoms with Crippen molar-refractivity contribution in [2.24, 2.45) is 10.4 Å². The summed E-state index contributed by atoms with van der Waals surface area (Å²) in [5, 5.41) is 5.82. The van der Waals surface area contributed by atoms with Crippen LogP contribution < -0.4 is 5.40 Å². The van der Waals surface area contributed by atoms with Crippen LogP contribution in [0.2, 0.25) is 19.1 Å². The van der Waals surface area contributed by atoms with Gasteiger partial charge in [-0.2, -0.15) is 0 Å². The summed E-state index contributed by atoms with van der Waals surface area (Å²) >= 11 is 0.